The smallest absolute Gasteiger partial charge is 0.219 e. The van der Waals surface area contributed by atoms with Crippen LogP contribution in [0.2, 0.25) is 5.02 Å². The number of pyridine rings is 1. The largest absolute Gasteiger partial charge is 0.481 e. The molecule has 2 heterocycles. The van der Waals surface area contributed by atoms with Gasteiger partial charge in [-0.3, -0.25) is 4.98 Å². The number of hydrogen-bond donors (Lipinski definition) is 0. The van der Waals surface area contributed by atoms with Crippen LogP contribution >= 0.6 is 11.6 Å². The van der Waals surface area contributed by atoms with Gasteiger partial charge in [0.1, 0.15) is 5.82 Å². The Morgan fingerprint density at radius 2 is 1.94 bits per heavy atom. The van der Waals surface area contributed by atoms with E-state index < -0.39 is 5.82 Å². The van der Waals surface area contributed by atoms with Crippen molar-refractivity contribution in [2.24, 2.45) is 5.92 Å². The van der Waals surface area contributed by atoms with Crippen LogP contribution in [-0.2, 0) is 0 Å². The number of benzene rings is 2. The zero-order chi connectivity index (χ0) is 22.4. The van der Waals surface area contributed by atoms with Crippen LogP contribution in [0.5, 0.6) is 5.88 Å². The molecule has 4 nitrogen and oxygen atoms in total. The van der Waals surface area contributed by atoms with Gasteiger partial charge in [0.05, 0.1) is 30.9 Å². The number of halogens is 2. The highest BCUT2D eigenvalue weighted by Gasteiger charge is 2.30. The van der Waals surface area contributed by atoms with Gasteiger partial charge in [-0.05, 0) is 81.0 Å². The summed E-state index contributed by atoms with van der Waals surface area (Å²) >= 11 is 6.18. The van der Waals surface area contributed by atoms with E-state index >= 15 is 0 Å². The van der Waals surface area contributed by atoms with Crippen molar-refractivity contribution in [3.05, 3.63) is 65.0 Å². The molecule has 0 radical (unpaired) electrons. The lowest BCUT2D eigenvalue weighted by molar-refractivity contribution is 0.218. The Hall–Kier alpha value is -2.66. The Morgan fingerprint density at radius 1 is 1.13 bits per heavy atom. The Balaban J connectivity index is 1.34. The molecule has 1 fully saturated rings. The summed E-state index contributed by atoms with van der Waals surface area (Å²) in [5.41, 5.74) is 2.61. The van der Waals surface area contributed by atoms with Crippen LogP contribution in [0.3, 0.4) is 0 Å². The highest BCUT2D eigenvalue weighted by Crippen LogP contribution is 2.42. The normalized spacial score (nSPS) is 20.7. The molecule has 1 aliphatic rings. The Bertz CT molecular complexity index is 1300. The fraction of sp³-hybridized carbons (Fsp3) is 0.360. The third-order valence-electron chi connectivity index (χ3n) is 6.67. The molecule has 160 valence electrons. The van der Waals surface area contributed by atoms with Crippen molar-refractivity contribution in [2.45, 2.75) is 44.6 Å². The van der Waals surface area contributed by atoms with Crippen molar-refractivity contribution < 1.29 is 10.5 Å². The standard InChI is InChI=1S/C25H25ClFN3O/c1-15(30-25(31-2)21-14-19(26)8-11-24(21)29-30)16-3-5-17(6-4-16)22-10-7-18-13-20(27)9-12-23(18)28-22/h7-17H,3-6H2,1-2H3/t15-,16?,17?/m0/s1/i9D. The highest BCUT2D eigenvalue weighted by molar-refractivity contribution is 6.31. The SMILES string of the molecule is [2H]c1cc2nc(C3CCC([C@H](C)n4nc5ccc(Cl)cc5c4OC)CC3)ccc2cc1F. The summed E-state index contributed by atoms with van der Waals surface area (Å²) in [7, 11) is 1.68. The summed E-state index contributed by atoms with van der Waals surface area (Å²) in [5.74, 6) is 1.11. The molecule has 5 rings (SSSR count). The molecule has 0 unspecified atom stereocenters. The van der Waals surface area contributed by atoms with Gasteiger partial charge in [-0.2, -0.15) is 5.10 Å². The van der Waals surface area contributed by atoms with Gasteiger partial charge >= 0.3 is 0 Å². The second kappa shape index (κ2) is 8.12. The third kappa shape index (κ3) is 3.76. The van der Waals surface area contributed by atoms with E-state index in [1.807, 2.05) is 35.0 Å². The summed E-state index contributed by atoms with van der Waals surface area (Å²) in [6.45, 7) is 2.21. The predicted octanol–water partition coefficient (Wildman–Crippen LogP) is 6.92. The molecule has 0 amide bonds. The van der Waals surface area contributed by atoms with Gasteiger partial charge in [0.2, 0.25) is 5.88 Å². The molecular weight excluding hydrogens is 413 g/mol. The average molecular weight is 439 g/mol. The van der Waals surface area contributed by atoms with E-state index in [1.54, 1.807) is 7.11 Å². The second-order valence-corrected chi connectivity index (χ2v) is 8.90. The van der Waals surface area contributed by atoms with Gasteiger partial charge in [-0.25, -0.2) is 9.07 Å². The first-order valence-electron chi connectivity index (χ1n) is 11.2. The minimum atomic E-state index is -0.509. The number of ether oxygens (including phenoxy) is 1. The zero-order valence-electron chi connectivity index (χ0n) is 18.6. The zero-order valence-corrected chi connectivity index (χ0v) is 18.4. The van der Waals surface area contributed by atoms with Crippen LogP contribution in [0.15, 0.2) is 48.5 Å². The first kappa shape index (κ1) is 19.1. The minimum Gasteiger partial charge on any atom is -0.481 e. The van der Waals surface area contributed by atoms with Gasteiger partial charge in [0.25, 0.3) is 0 Å². The molecule has 1 saturated carbocycles. The molecule has 0 N–H and O–H groups in total. The van der Waals surface area contributed by atoms with Crippen molar-refractivity contribution in [1.82, 2.24) is 14.8 Å². The fourth-order valence-electron chi connectivity index (χ4n) is 4.91. The first-order valence-corrected chi connectivity index (χ1v) is 11.1. The minimum absolute atomic E-state index is 0.110. The Morgan fingerprint density at radius 3 is 2.71 bits per heavy atom. The van der Waals surface area contributed by atoms with Crippen molar-refractivity contribution in [3.63, 3.8) is 0 Å². The molecule has 0 spiro atoms. The molecule has 0 aliphatic heterocycles. The number of methoxy groups -OCH3 is 1. The van der Waals surface area contributed by atoms with Crippen LogP contribution in [0.25, 0.3) is 21.8 Å². The van der Waals surface area contributed by atoms with E-state index in [2.05, 4.69) is 6.92 Å². The van der Waals surface area contributed by atoms with E-state index in [0.717, 1.165) is 53.5 Å². The van der Waals surface area contributed by atoms with Gasteiger partial charge in [0.15, 0.2) is 0 Å². The first-order chi connectivity index (χ1) is 15.4. The molecule has 2 aromatic heterocycles. The van der Waals surface area contributed by atoms with Gasteiger partial charge < -0.3 is 4.74 Å². The Kier molecular flexibility index (Phi) is 4.99. The molecule has 1 atom stereocenters. The monoisotopic (exact) mass is 438 g/mol. The maximum absolute atomic E-state index is 13.7. The highest BCUT2D eigenvalue weighted by atomic mass is 35.5. The van der Waals surface area contributed by atoms with E-state index in [9.17, 15) is 4.39 Å². The quantitative estimate of drug-likeness (QED) is 0.347. The molecule has 2 aromatic carbocycles. The van der Waals surface area contributed by atoms with Gasteiger partial charge in [0, 0.05) is 22.0 Å². The maximum Gasteiger partial charge on any atom is 0.219 e. The van der Waals surface area contributed by atoms with Crippen LogP contribution in [-0.4, -0.2) is 21.9 Å². The van der Waals surface area contributed by atoms with Crippen LogP contribution < -0.4 is 4.74 Å². The molecule has 0 bridgehead atoms. The summed E-state index contributed by atoms with van der Waals surface area (Å²) < 4.78 is 29.1. The van der Waals surface area contributed by atoms with Crippen molar-refractivity contribution >= 4 is 33.4 Å². The lowest BCUT2D eigenvalue weighted by atomic mass is 9.77. The lowest BCUT2D eigenvalue weighted by Gasteiger charge is -2.32. The second-order valence-electron chi connectivity index (χ2n) is 8.46. The summed E-state index contributed by atoms with van der Waals surface area (Å²) in [6, 6.07) is 12.6. The third-order valence-corrected chi connectivity index (χ3v) is 6.91. The summed E-state index contributed by atoms with van der Waals surface area (Å²) in [5, 5.41) is 7.15. The van der Waals surface area contributed by atoms with Crippen molar-refractivity contribution in [1.29, 1.82) is 0 Å². The van der Waals surface area contributed by atoms with Crippen molar-refractivity contribution in [3.8, 4) is 5.88 Å². The molecule has 1 aliphatic carbocycles. The van der Waals surface area contributed by atoms with E-state index in [-0.39, 0.29) is 12.1 Å². The number of hydrogen-bond acceptors (Lipinski definition) is 3. The molecule has 0 saturated heterocycles. The number of aromatic nitrogens is 3. The van der Waals surface area contributed by atoms with E-state index in [4.69, 9.17) is 27.8 Å². The molecular formula is C25H25ClFN3O. The van der Waals surface area contributed by atoms with Crippen LogP contribution in [0.1, 0.15) is 51.6 Å². The van der Waals surface area contributed by atoms with Gasteiger partial charge in [-0.1, -0.05) is 17.7 Å². The molecule has 4 aromatic rings. The van der Waals surface area contributed by atoms with Crippen LogP contribution in [0.4, 0.5) is 4.39 Å². The van der Waals surface area contributed by atoms with E-state index in [0.29, 0.717) is 22.4 Å². The van der Waals surface area contributed by atoms with Gasteiger partial charge in [-0.15, -0.1) is 0 Å². The number of rotatable bonds is 4. The van der Waals surface area contributed by atoms with Crippen molar-refractivity contribution in [2.75, 3.05) is 7.11 Å². The number of nitrogens with zero attached hydrogens (tertiary/aromatic N) is 3. The summed E-state index contributed by atoms with van der Waals surface area (Å²) in [4.78, 5) is 4.76. The summed E-state index contributed by atoms with van der Waals surface area (Å²) in [6.07, 6.45) is 4.21. The van der Waals surface area contributed by atoms with Crippen LogP contribution in [0, 0.1) is 11.7 Å². The maximum atomic E-state index is 13.7. The predicted molar refractivity (Wildman–Crippen MR) is 122 cm³/mol. The number of fused-ring (bicyclic) bond motifs is 2. The van der Waals surface area contributed by atoms with E-state index in [1.165, 1.54) is 12.1 Å². The topological polar surface area (TPSA) is 39.9 Å². The molecule has 31 heavy (non-hydrogen) atoms. The lowest BCUT2D eigenvalue weighted by Crippen LogP contribution is -2.23. The fourth-order valence-corrected chi connectivity index (χ4v) is 5.08. The molecule has 6 heteroatoms. The average Bonchev–Trinajstić information content (AvgIpc) is 3.17. The Labute approximate surface area is 187 Å².